The number of esters is 1. The van der Waals surface area contributed by atoms with E-state index in [1.54, 1.807) is 0 Å². The summed E-state index contributed by atoms with van der Waals surface area (Å²) in [6, 6.07) is 9.60. The van der Waals surface area contributed by atoms with Gasteiger partial charge in [0.15, 0.2) is 0 Å². The zero-order valence-electron chi connectivity index (χ0n) is 15.3. The average molecular weight is 340 g/mol. The number of benzene rings is 1. The third-order valence-electron chi connectivity index (χ3n) is 6.23. The van der Waals surface area contributed by atoms with Gasteiger partial charge >= 0.3 is 5.97 Å². The molecule has 0 aliphatic carbocycles. The Labute approximate surface area is 149 Å². The minimum absolute atomic E-state index is 0.0897. The highest BCUT2D eigenvalue weighted by Crippen LogP contribution is 2.49. The molecular formula is C21H28N2O2. The van der Waals surface area contributed by atoms with Gasteiger partial charge in [0.25, 0.3) is 0 Å². The Morgan fingerprint density at radius 1 is 1.32 bits per heavy atom. The van der Waals surface area contributed by atoms with Crippen molar-refractivity contribution in [1.82, 2.24) is 9.88 Å². The highest BCUT2D eigenvalue weighted by atomic mass is 16.5. The maximum Gasteiger partial charge on any atom is 0.305 e. The molecule has 4 rings (SSSR count). The van der Waals surface area contributed by atoms with Gasteiger partial charge in [-0.2, -0.15) is 0 Å². The largest absolute Gasteiger partial charge is 0.469 e. The van der Waals surface area contributed by atoms with Crippen LogP contribution in [0.15, 0.2) is 24.3 Å². The van der Waals surface area contributed by atoms with Crippen molar-refractivity contribution < 1.29 is 9.53 Å². The highest BCUT2D eigenvalue weighted by Gasteiger charge is 2.42. The van der Waals surface area contributed by atoms with E-state index in [0.717, 1.165) is 19.4 Å². The molecule has 2 aromatic rings. The topological polar surface area (TPSA) is 45.3 Å². The molecule has 3 unspecified atom stereocenters. The number of aromatic nitrogens is 1. The summed E-state index contributed by atoms with van der Waals surface area (Å²) in [7, 11) is 1.49. The van der Waals surface area contributed by atoms with Crippen LogP contribution < -0.4 is 0 Å². The summed E-state index contributed by atoms with van der Waals surface area (Å²) < 4.78 is 4.91. The van der Waals surface area contributed by atoms with Crippen LogP contribution in [0.4, 0.5) is 0 Å². The first kappa shape index (κ1) is 16.6. The van der Waals surface area contributed by atoms with Crippen molar-refractivity contribution in [2.75, 3.05) is 13.7 Å². The molecule has 3 heterocycles. The third kappa shape index (κ3) is 2.77. The molecule has 0 amide bonds. The summed E-state index contributed by atoms with van der Waals surface area (Å²) in [6.07, 6.45) is 6.27. The Morgan fingerprint density at radius 3 is 2.96 bits per heavy atom. The van der Waals surface area contributed by atoms with Gasteiger partial charge in [-0.05, 0) is 43.9 Å². The number of nitrogens with zero attached hydrogens (tertiary/aromatic N) is 1. The second-order valence-corrected chi connectivity index (χ2v) is 7.44. The summed E-state index contributed by atoms with van der Waals surface area (Å²) in [4.78, 5) is 18.2. The average Bonchev–Trinajstić information content (AvgIpc) is 3.05. The second kappa shape index (κ2) is 6.83. The van der Waals surface area contributed by atoms with E-state index in [9.17, 15) is 4.79 Å². The molecule has 0 bridgehead atoms. The molecule has 1 aromatic heterocycles. The van der Waals surface area contributed by atoms with E-state index < -0.39 is 0 Å². The maximum atomic E-state index is 11.8. The number of carbonyl (C=O) groups is 1. The van der Waals surface area contributed by atoms with Gasteiger partial charge in [0, 0.05) is 35.0 Å². The molecule has 1 fully saturated rings. The lowest BCUT2D eigenvalue weighted by atomic mass is 9.76. The molecule has 0 spiro atoms. The number of hydrogen-bond acceptors (Lipinski definition) is 3. The molecular weight excluding hydrogens is 312 g/mol. The van der Waals surface area contributed by atoms with Crippen LogP contribution in [0, 0.1) is 0 Å². The number of fused-ring (bicyclic) bond motifs is 5. The fourth-order valence-electron chi connectivity index (χ4n) is 5.14. The minimum Gasteiger partial charge on any atom is -0.469 e. The number of nitrogens with one attached hydrogen (secondary N) is 1. The van der Waals surface area contributed by atoms with Gasteiger partial charge in [-0.1, -0.05) is 31.5 Å². The van der Waals surface area contributed by atoms with Crippen molar-refractivity contribution in [1.29, 1.82) is 0 Å². The molecule has 1 aromatic carbocycles. The Bertz CT molecular complexity index is 766. The zero-order valence-corrected chi connectivity index (χ0v) is 15.3. The third-order valence-corrected chi connectivity index (χ3v) is 6.23. The number of rotatable bonds is 4. The van der Waals surface area contributed by atoms with E-state index in [1.807, 2.05) is 0 Å². The van der Waals surface area contributed by atoms with Crippen LogP contribution in [0.3, 0.4) is 0 Å². The van der Waals surface area contributed by atoms with Crippen molar-refractivity contribution in [3.8, 4) is 0 Å². The summed E-state index contributed by atoms with van der Waals surface area (Å²) in [5.74, 6) is 0.387. The second-order valence-electron chi connectivity index (χ2n) is 7.44. The van der Waals surface area contributed by atoms with Gasteiger partial charge in [0.2, 0.25) is 0 Å². The van der Waals surface area contributed by atoms with Gasteiger partial charge in [-0.25, -0.2) is 0 Å². The molecule has 4 nitrogen and oxygen atoms in total. The van der Waals surface area contributed by atoms with Gasteiger partial charge in [0.1, 0.15) is 0 Å². The van der Waals surface area contributed by atoms with Crippen molar-refractivity contribution in [3.63, 3.8) is 0 Å². The van der Waals surface area contributed by atoms with E-state index in [2.05, 4.69) is 41.1 Å². The molecule has 134 valence electrons. The lowest BCUT2D eigenvalue weighted by Crippen LogP contribution is -2.48. The monoisotopic (exact) mass is 340 g/mol. The number of para-hydroxylation sites is 1. The molecule has 0 radical (unpaired) electrons. The normalized spacial score (nSPS) is 26.2. The predicted molar refractivity (Wildman–Crippen MR) is 99.7 cm³/mol. The van der Waals surface area contributed by atoms with Gasteiger partial charge in [-0.15, -0.1) is 0 Å². The first-order chi connectivity index (χ1) is 12.2. The van der Waals surface area contributed by atoms with E-state index in [-0.39, 0.29) is 5.97 Å². The number of methoxy groups -OCH3 is 1. The lowest BCUT2D eigenvalue weighted by molar-refractivity contribution is -0.141. The number of carbonyl (C=O) groups excluding carboxylic acids is 1. The quantitative estimate of drug-likeness (QED) is 0.832. The Morgan fingerprint density at radius 2 is 2.16 bits per heavy atom. The van der Waals surface area contributed by atoms with E-state index in [1.165, 1.54) is 48.5 Å². The minimum atomic E-state index is -0.0897. The number of piperidine rings is 1. The first-order valence-electron chi connectivity index (χ1n) is 9.67. The molecule has 0 saturated carbocycles. The number of aromatic amines is 1. The van der Waals surface area contributed by atoms with Crippen molar-refractivity contribution >= 4 is 16.9 Å². The van der Waals surface area contributed by atoms with Crippen LogP contribution in [0.5, 0.6) is 0 Å². The van der Waals surface area contributed by atoms with Crippen LogP contribution in [0.25, 0.3) is 10.9 Å². The molecule has 1 N–H and O–H groups in total. The van der Waals surface area contributed by atoms with E-state index >= 15 is 0 Å². The van der Waals surface area contributed by atoms with Crippen molar-refractivity contribution in [2.24, 2.45) is 0 Å². The van der Waals surface area contributed by atoms with Crippen LogP contribution in [-0.2, 0) is 9.53 Å². The fourth-order valence-corrected chi connectivity index (χ4v) is 5.14. The Hall–Kier alpha value is -1.81. The van der Waals surface area contributed by atoms with E-state index in [0.29, 0.717) is 24.4 Å². The highest BCUT2D eigenvalue weighted by molar-refractivity contribution is 5.86. The van der Waals surface area contributed by atoms with E-state index in [4.69, 9.17) is 4.74 Å². The molecule has 25 heavy (non-hydrogen) atoms. The molecule has 2 aliphatic rings. The first-order valence-corrected chi connectivity index (χ1v) is 9.67. The van der Waals surface area contributed by atoms with Crippen LogP contribution in [-0.4, -0.2) is 35.5 Å². The summed E-state index contributed by atoms with van der Waals surface area (Å²) in [6.45, 7) is 3.42. The fraction of sp³-hybridized carbons (Fsp3) is 0.571. The van der Waals surface area contributed by atoms with Crippen LogP contribution in [0.1, 0.15) is 68.7 Å². The lowest BCUT2D eigenvalue weighted by Gasteiger charge is -2.48. The zero-order chi connectivity index (χ0) is 17.4. The molecule has 2 aliphatic heterocycles. The smallest absolute Gasteiger partial charge is 0.305 e. The van der Waals surface area contributed by atoms with Gasteiger partial charge < -0.3 is 9.72 Å². The van der Waals surface area contributed by atoms with Gasteiger partial charge in [-0.3, -0.25) is 9.69 Å². The number of ether oxygens (including phenoxy) is 1. The standard InChI is InChI=1S/C21H28N2O2/c1-3-14-17(11-12-19(24)25-2)23-13-7-6-10-18(23)21-20(14)15-8-4-5-9-16(15)22-21/h4-5,8-9,14,17-18,22H,3,6-7,10-13H2,1-2H3. The number of H-pyrrole nitrogens is 1. The SMILES string of the molecule is CCC1c2c([nH]c3ccccc23)C2CCCCN2C1CCC(=O)OC. The maximum absolute atomic E-state index is 11.8. The summed E-state index contributed by atoms with van der Waals surface area (Å²) in [5, 5.41) is 1.37. The predicted octanol–water partition coefficient (Wildman–Crippen LogP) is 4.52. The summed E-state index contributed by atoms with van der Waals surface area (Å²) in [5.41, 5.74) is 4.20. The molecule has 4 heteroatoms. The molecule has 1 saturated heterocycles. The number of hydrogen-bond donors (Lipinski definition) is 1. The molecule has 3 atom stereocenters. The Kier molecular flexibility index (Phi) is 4.55. The van der Waals surface area contributed by atoms with Crippen LogP contribution >= 0.6 is 0 Å². The van der Waals surface area contributed by atoms with Crippen molar-refractivity contribution in [3.05, 3.63) is 35.5 Å². The van der Waals surface area contributed by atoms with Crippen LogP contribution in [0.2, 0.25) is 0 Å². The van der Waals surface area contributed by atoms with Gasteiger partial charge in [0.05, 0.1) is 13.2 Å². The van der Waals surface area contributed by atoms with Crippen molar-refractivity contribution in [2.45, 2.75) is 63.5 Å². The summed E-state index contributed by atoms with van der Waals surface area (Å²) >= 11 is 0. The Balaban J connectivity index is 1.78.